The minimum atomic E-state index is -0.170. The molecule has 3 fully saturated rings. The van der Waals surface area contributed by atoms with Crippen LogP contribution in [0.15, 0.2) is 54.3 Å². The average Bonchev–Trinajstić information content (AvgIpc) is 2.66. The molecule has 2 bridgehead atoms. The molecule has 0 saturated carbocycles. The Labute approximate surface area is 141 Å². The molecule has 0 amide bonds. The predicted molar refractivity (Wildman–Crippen MR) is 95.4 cm³/mol. The number of rotatable bonds is 4. The van der Waals surface area contributed by atoms with Crippen LogP contribution in [0.1, 0.15) is 24.4 Å². The number of piperidine rings is 3. The Morgan fingerprint density at radius 2 is 2.25 bits per heavy atom. The monoisotopic (exact) mass is 319 g/mol. The lowest BCUT2D eigenvalue weighted by Gasteiger charge is -2.51. The average molecular weight is 319 g/mol. The number of hydrogen-bond acceptors (Lipinski definition) is 3. The first-order valence-electron chi connectivity index (χ1n) is 8.56. The Bertz CT molecular complexity index is 805. The number of hydrogen-bond donors (Lipinski definition) is 0. The second-order valence-corrected chi connectivity index (χ2v) is 6.81. The van der Waals surface area contributed by atoms with Gasteiger partial charge in [-0.25, -0.2) is 0 Å². The number of pyridine rings is 1. The van der Waals surface area contributed by atoms with Gasteiger partial charge in [-0.2, -0.15) is 0 Å². The number of para-hydroxylation sites is 1. The molecule has 0 aliphatic carbocycles. The van der Waals surface area contributed by atoms with Crippen molar-refractivity contribution in [1.29, 1.82) is 0 Å². The molecule has 3 saturated heterocycles. The van der Waals surface area contributed by atoms with E-state index in [1.165, 1.54) is 6.42 Å². The van der Waals surface area contributed by atoms with Crippen LogP contribution in [0.4, 0.5) is 0 Å². The standard InChI is InChI=1S/C19H21N5/c1-2-13-12-24-10-8-14(13)11-18(24)19(22-23-20)16-7-9-21-17-6-4-3-5-15(16)17/h2-7,9,13-14,18-19H,1,8,10-12H2/t13?,14?,18?,19-/m0/s1. The van der Waals surface area contributed by atoms with Crippen LogP contribution in [0.3, 0.4) is 0 Å². The van der Waals surface area contributed by atoms with Crippen LogP contribution in [0.25, 0.3) is 21.3 Å². The van der Waals surface area contributed by atoms with E-state index < -0.39 is 0 Å². The molecule has 3 aliphatic heterocycles. The highest BCUT2D eigenvalue weighted by atomic mass is 15.2. The second kappa shape index (κ2) is 6.27. The van der Waals surface area contributed by atoms with Gasteiger partial charge in [-0.3, -0.25) is 9.88 Å². The number of fused-ring (bicyclic) bond motifs is 4. The van der Waals surface area contributed by atoms with E-state index in [0.717, 1.165) is 36.0 Å². The van der Waals surface area contributed by atoms with Crippen molar-refractivity contribution in [1.82, 2.24) is 9.88 Å². The maximum absolute atomic E-state index is 9.18. The van der Waals surface area contributed by atoms with E-state index in [1.807, 2.05) is 30.5 Å². The normalized spacial score (nSPS) is 29.8. The first-order chi connectivity index (χ1) is 11.8. The molecule has 24 heavy (non-hydrogen) atoms. The van der Waals surface area contributed by atoms with Gasteiger partial charge in [-0.1, -0.05) is 29.4 Å². The number of nitrogens with zero attached hydrogens (tertiary/aromatic N) is 5. The third-order valence-electron chi connectivity index (χ3n) is 5.70. The van der Waals surface area contributed by atoms with E-state index in [4.69, 9.17) is 0 Å². The Hall–Kier alpha value is -2.36. The molecule has 3 aliphatic rings. The molecule has 5 nitrogen and oxygen atoms in total. The summed E-state index contributed by atoms with van der Waals surface area (Å²) in [5.74, 6) is 1.22. The zero-order chi connectivity index (χ0) is 16.5. The summed E-state index contributed by atoms with van der Waals surface area (Å²) in [5, 5.41) is 5.31. The van der Waals surface area contributed by atoms with E-state index in [1.54, 1.807) is 0 Å². The SMILES string of the molecule is C=CC1CN2CCC1CC2[C@@H](N=[N+]=[N-])c1ccnc2ccccc12. The van der Waals surface area contributed by atoms with Crippen LogP contribution in [-0.4, -0.2) is 29.0 Å². The molecule has 122 valence electrons. The van der Waals surface area contributed by atoms with Gasteiger partial charge >= 0.3 is 0 Å². The summed E-state index contributed by atoms with van der Waals surface area (Å²) < 4.78 is 0. The van der Waals surface area contributed by atoms with Crippen LogP contribution in [-0.2, 0) is 0 Å². The fourth-order valence-electron chi connectivity index (χ4n) is 4.48. The Kier molecular flexibility index (Phi) is 3.97. The lowest BCUT2D eigenvalue weighted by atomic mass is 9.73. The maximum atomic E-state index is 9.18. The van der Waals surface area contributed by atoms with Gasteiger partial charge in [0, 0.05) is 29.1 Å². The Morgan fingerprint density at radius 1 is 1.38 bits per heavy atom. The summed E-state index contributed by atoms with van der Waals surface area (Å²) >= 11 is 0. The van der Waals surface area contributed by atoms with Gasteiger partial charge in [-0.05, 0) is 54.4 Å². The first kappa shape index (κ1) is 15.2. The summed E-state index contributed by atoms with van der Waals surface area (Å²) in [7, 11) is 0. The molecule has 1 aromatic carbocycles. The third kappa shape index (κ3) is 2.46. The molecule has 4 heterocycles. The first-order valence-corrected chi connectivity index (χ1v) is 8.56. The molecule has 4 unspecified atom stereocenters. The second-order valence-electron chi connectivity index (χ2n) is 6.81. The zero-order valence-corrected chi connectivity index (χ0v) is 13.6. The van der Waals surface area contributed by atoms with Gasteiger partial charge in [0.15, 0.2) is 0 Å². The van der Waals surface area contributed by atoms with Gasteiger partial charge in [0.1, 0.15) is 0 Å². The quantitative estimate of drug-likeness (QED) is 0.361. The van der Waals surface area contributed by atoms with Gasteiger partial charge in [0.2, 0.25) is 0 Å². The summed E-state index contributed by atoms with van der Waals surface area (Å²) in [6, 6.07) is 10.2. The van der Waals surface area contributed by atoms with Crippen LogP contribution in [0, 0.1) is 11.8 Å². The maximum Gasteiger partial charge on any atom is 0.0787 e. The smallest absolute Gasteiger partial charge is 0.0787 e. The van der Waals surface area contributed by atoms with Gasteiger partial charge in [0.05, 0.1) is 11.6 Å². The van der Waals surface area contributed by atoms with Gasteiger partial charge in [0.25, 0.3) is 0 Å². The molecule has 5 rings (SSSR count). The molecule has 5 atom stereocenters. The Balaban J connectivity index is 1.75. The van der Waals surface area contributed by atoms with Crippen LogP contribution in [0.2, 0.25) is 0 Å². The van der Waals surface area contributed by atoms with E-state index in [9.17, 15) is 5.53 Å². The summed E-state index contributed by atoms with van der Waals surface area (Å²) in [4.78, 5) is 10.1. The van der Waals surface area contributed by atoms with Crippen molar-refractivity contribution in [2.24, 2.45) is 17.0 Å². The van der Waals surface area contributed by atoms with E-state index >= 15 is 0 Å². The summed E-state index contributed by atoms with van der Waals surface area (Å²) in [5.41, 5.74) is 11.2. The van der Waals surface area contributed by atoms with Gasteiger partial charge < -0.3 is 0 Å². The van der Waals surface area contributed by atoms with Crippen molar-refractivity contribution in [2.45, 2.75) is 24.9 Å². The summed E-state index contributed by atoms with van der Waals surface area (Å²) in [6.07, 6.45) is 6.20. The van der Waals surface area contributed by atoms with E-state index in [2.05, 4.69) is 38.6 Å². The fourth-order valence-corrected chi connectivity index (χ4v) is 4.48. The molecule has 0 spiro atoms. The highest BCUT2D eigenvalue weighted by molar-refractivity contribution is 5.82. The molecule has 1 aromatic heterocycles. The number of azide groups is 1. The third-order valence-corrected chi connectivity index (χ3v) is 5.70. The van der Waals surface area contributed by atoms with E-state index in [-0.39, 0.29) is 12.1 Å². The van der Waals surface area contributed by atoms with Gasteiger partial charge in [-0.15, -0.1) is 6.58 Å². The van der Waals surface area contributed by atoms with Crippen molar-refractivity contribution in [3.8, 4) is 0 Å². The topological polar surface area (TPSA) is 64.9 Å². The highest BCUT2D eigenvalue weighted by Crippen LogP contribution is 2.43. The van der Waals surface area contributed by atoms with Crippen molar-refractivity contribution in [3.63, 3.8) is 0 Å². The molecule has 0 radical (unpaired) electrons. The molecular formula is C19H21N5. The molecule has 5 heteroatoms. The molecule has 0 N–H and O–H groups in total. The van der Waals surface area contributed by atoms with E-state index in [0.29, 0.717) is 11.8 Å². The van der Waals surface area contributed by atoms with Crippen LogP contribution >= 0.6 is 0 Å². The number of aromatic nitrogens is 1. The fraction of sp³-hybridized carbons (Fsp3) is 0.421. The summed E-state index contributed by atoms with van der Waals surface area (Å²) in [6.45, 7) is 6.10. The number of benzene rings is 1. The zero-order valence-electron chi connectivity index (χ0n) is 13.6. The lowest BCUT2D eigenvalue weighted by Crippen LogP contribution is -2.54. The minimum Gasteiger partial charge on any atom is -0.299 e. The van der Waals surface area contributed by atoms with Crippen LogP contribution < -0.4 is 0 Å². The van der Waals surface area contributed by atoms with Crippen LogP contribution in [0.5, 0.6) is 0 Å². The highest BCUT2D eigenvalue weighted by Gasteiger charge is 2.42. The molecular weight excluding hydrogens is 298 g/mol. The largest absolute Gasteiger partial charge is 0.299 e. The van der Waals surface area contributed by atoms with Crippen molar-refractivity contribution >= 4 is 10.9 Å². The van der Waals surface area contributed by atoms with Crippen molar-refractivity contribution in [3.05, 3.63) is 65.2 Å². The van der Waals surface area contributed by atoms with Crippen molar-refractivity contribution in [2.75, 3.05) is 13.1 Å². The minimum absolute atomic E-state index is 0.170. The Morgan fingerprint density at radius 3 is 3.00 bits per heavy atom. The lowest BCUT2D eigenvalue weighted by molar-refractivity contribution is 0.00758. The van der Waals surface area contributed by atoms with Crippen molar-refractivity contribution < 1.29 is 0 Å². The predicted octanol–water partition coefficient (Wildman–Crippen LogP) is 4.48. The molecule has 2 aromatic rings.